The van der Waals surface area contributed by atoms with Gasteiger partial charge >= 0.3 is 0 Å². The minimum Gasteiger partial charge on any atom is -0.381 e. The van der Waals surface area contributed by atoms with Gasteiger partial charge in [0.05, 0.1) is 5.69 Å². The van der Waals surface area contributed by atoms with Crippen molar-refractivity contribution in [1.29, 1.82) is 0 Å². The minimum atomic E-state index is -0.234. The van der Waals surface area contributed by atoms with Gasteiger partial charge in [-0.25, -0.2) is 4.39 Å². The van der Waals surface area contributed by atoms with Crippen molar-refractivity contribution in [2.24, 2.45) is 10.9 Å². The molecule has 1 aromatic carbocycles. The lowest BCUT2D eigenvalue weighted by molar-refractivity contribution is 0.133. The Hall–Kier alpha value is -2.98. The molecule has 0 radical (unpaired) electrons. The van der Waals surface area contributed by atoms with Gasteiger partial charge in [0.25, 0.3) is 0 Å². The standard InChI is InChI=1S/C35H50FN3/c1-8-12-13-15-27(5)18-19-31-20-22-39(23-21-31)32(10-3)17-14-16-30(9-2)26-38-29(7)33-25-34(36)28(6)24-35(33)37-11-4/h8-9,11-13,15,18-19,24-25,31-32,38H,5,7,10,14,16-17,20-23,26H2,1-4,6H3/b12-8-,15-13-,19-18-,30-9+,37-11?. The van der Waals surface area contributed by atoms with E-state index in [0.717, 1.165) is 24.1 Å². The predicted molar refractivity (Wildman–Crippen MR) is 170 cm³/mol. The van der Waals surface area contributed by atoms with Crippen molar-refractivity contribution < 1.29 is 4.39 Å². The van der Waals surface area contributed by atoms with Crippen LogP contribution in [-0.4, -0.2) is 36.8 Å². The summed E-state index contributed by atoms with van der Waals surface area (Å²) in [6.45, 7) is 21.4. The SMILES string of the molecule is C=C(/C=C\C=C/C)/C=C\C1CCN(C(CC)CCC/C(=C\C)CNC(=C)c2cc(F)c(C)cc2N=CC)CC1. The Morgan fingerprint density at radius 1 is 1.15 bits per heavy atom. The maximum absolute atomic E-state index is 14.3. The number of allylic oxidation sites excluding steroid dienone is 8. The Bertz CT molecular complexity index is 1080. The molecule has 1 N–H and O–H groups in total. The molecule has 1 unspecified atom stereocenters. The second-order valence-corrected chi connectivity index (χ2v) is 10.4. The van der Waals surface area contributed by atoms with E-state index in [-0.39, 0.29) is 5.82 Å². The molecule has 4 heteroatoms. The first-order chi connectivity index (χ1) is 18.8. The molecule has 39 heavy (non-hydrogen) atoms. The number of hydrogen-bond donors (Lipinski definition) is 1. The molecule has 3 nitrogen and oxygen atoms in total. The molecular formula is C35H50FN3. The number of nitrogens with one attached hydrogen (secondary N) is 1. The fourth-order valence-corrected chi connectivity index (χ4v) is 5.10. The van der Waals surface area contributed by atoms with Crippen LogP contribution in [0.25, 0.3) is 5.70 Å². The molecule has 1 aliphatic rings. The number of nitrogens with zero attached hydrogens (tertiary/aromatic N) is 2. The van der Waals surface area contributed by atoms with Gasteiger partial charge in [-0.05, 0) is 108 Å². The molecule has 0 spiro atoms. The third-order valence-electron chi connectivity index (χ3n) is 7.60. The molecule has 1 aromatic rings. The van der Waals surface area contributed by atoms with Gasteiger partial charge in [-0.15, -0.1) is 0 Å². The Morgan fingerprint density at radius 3 is 2.54 bits per heavy atom. The topological polar surface area (TPSA) is 27.6 Å². The van der Waals surface area contributed by atoms with E-state index in [9.17, 15) is 4.39 Å². The van der Waals surface area contributed by atoms with Crippen LogP contribution in [0.5, 0.6) is 0 Å². The van der Waals surface area contributed by atoms with Gasteiger partial charge in [-0.3, -0.25) is 4.99 Å². The molecule has 1 atom stereocenters. The molecule has 1 aliphatic heterocycles. The normalized spacial score (nSPS) is 16.7. The van der Waals surface area contributed by atoms with Crippen molar-refractivity contribution in [3.05, 3.63) is 95.9 Å². The molecule has 0 amide bonds. The van der Waals surface area contributed by atoms with Gasteiger partial charge in [0, 0.05) is 30.1 Å². The number of aliphatic imine (C=N–C) groups is 1. The number of benzene rings is 1. The van der Waals surface area contributed by atoms with Crippen molar-refractivity contribution in [2.75, 3.05) is 19.6 Å². The van der Waals surface area contributed by atoms with Crippen molar-refractivity contribution >= 4 is 17.6 Å². The van der Waals surface area contributed by atoms with Crippen molar-refractivity contribution in [1.82, 2.24) is 10.2 Å². The molecule has 2 rings (SSSR count). The van der Waals surface area contributed by atoms with Crippen LogP contribution >= 0.6 is 0 Å². The summed E-state index contributed by atoms with van der Waals surface area (Å²) in [4.78, 5) is 7.11. The Labute approximate surface area is 237 Å². The van der Waals surface area contributed by atoms with E-state index >= 15 is 0 Å². The van der Waals surface area contributed by atoms with E-state index in [1.165, 1.54) is 50.4 Å². The van der Waals surface area contributed by atoms with Gasteiger partial charge in [0.1, 0.15) is 5.82 Å². The van der Waals surface area contributed by atoms with Gasteiger partial charge in [0.2, 0.25) is 0 Å². The van der Waals surface area contributed by atoms with E-state index < -0.39 is 0 Å². The summed E-state index contributed by atoms with van der Waals surface area (Å²) >= 11 is 0. The van der Waals surface area contributed by atoms with Gasteiger partial charge in [-0.2, -0.15) is 0 Å². The van der Waals surface area contributed by atoms with E-state index in [4.69, 9.17) is 0 Å². The van der Waals surface area contributed by atoms with Gasteiger partial charge < -0.3 is 10.2 Å². The third-order valence-corrected chi connectivity index (χ3v) is 7.60. The van der Waals surface area contributed by atoms with Crippen LogP contribution in [0, 0.1) is 18.7 Å². The van der Waals surface area contributed by atoms with Crippen LogP contribution in [0.15, 0.2) is 84.0 Å². The summed E-state index contributed by atoms with van der Waals surface area (Å²) in [5, 5.41) is 3.42. The summed E-state index contributed by atoms with van der Waals surface area (Å²) in [6.07, 6.45) is 23.6. The zero-order valence-corrected chi connectivity index (χ0v) is 25.0. The molecule has 0 bridgehead atoms. The average Bonchev–Trinajstić information content (AvgIpc) is 2.94. The quantitative estimate of drug-likeness (QED) is 0.139. The third kappa shape index (κ3) is 11.0. The second kappa shape index (κ2) is 17.6. The lowest BCUT2D eigenvalue weighted by Gasteiger charge is -2.36. The Kier molecular flexibility index (Phi) is 14.5. The monoisotopic (exact) mass is 531 g/mol. The summed E-state index contributed by atoms with van der Waals surface area (Å²) in [5.41, 5.74) is 5.16. The lowest BCUT2D eigenvalue weighted by atomic mass is 9.93. The zero-order chi connectivity index (χ0) is 28.6. The molecule has 1 saturated heterocycles. The summed E-state index contributed by atoms with van der Waals surface area (Å²) in [6, 6.07) is 3.95. The van der Waals surface area contributed by atoms with E-state index in [2.05, 4.69) is 66.5 Å². The number of piperidine rings is 1. The number of halogens is 1. The van der Waals surface area contributed by atoms with E-state index in [0.29, 0.717) is 35.3 Å². The molecule has 0 aliphatic carbocycles. The van der Waals surface area contributed by atoms with Crippen LogP contribution < -0.4 is 5.32 Å². The first-order valence-corrected chi connectivity index (χ1v) is 14.6. The zero-order valence-electron chi connectivity index (χ0n) is 25.0. The molecule has 0 aromatic heterocycles. The maximum Gasteiger partial charge on any atom is 0.126 e. The highest BCUT2D eigenvalue weighted by Crippen LogP contribution is 2.28. The van der Waals surface area contributed by atoms with Crippen molar-refractivity contribution in [3.63, 3.8) is 0 Å². The van der Waals surface area contributed by atoms with Crippen molar-refractivity contribution in [3.8, 4) is 0 Å². The van der Waals surface area contributed by atoms with Crippen LogP contribution in [0.1, 0.15) is 77.3 Å². The van der Waals surface area contributed by atoms with E-state index in [1.807, 2.05) is 32.1 Å². The fourth-order valence-electron chi connectivity index (χ4n) is 5.10. The number of aryl methyl sites for hydroxylation is 1. The number of likely N-dealkylation sites (tertiary alicyclic amines) is 1. The van der Waals surface area contributed by atoms with Crippen molar-refractivity contribution in [2.45, 2.75) is 79.2 Å². The fraction of sp³-hybridized carbons (Fsp3) is 0.457. The molecule has 212 valence electrons. The first-order valence-electron chi connectivity index (χ1n) is 14.6. The highest BCUT2D eigenvalue weighted by Gasteiger charge is 2.22. The first kappa shape index (κ1) is 32.2. The van der Waals surface area contributed by atoms with Crippen LogP contribution in [0.2, 0.25) is 0 Å². The molecule has 1 fully saturated rings. The Balaban J connectivity index is 1.80. The molecule has 1 heterocycles. The summed E-state index contributed by atoms with van der Waals surface area (Å²) < 4.78 is 14.3. The smallest absolute Gasteiger partial charge is 0.126 e. The molecule has 0 saturated carbocycles. The average molecular weight is 532 g/mol. The Morgan fingerprint density at radius 2 is 1.90 bits per heavy atom. The highest BCUT2D eigenvalue weighted by molar-refractivity contribution is 5.75. The summed E-state index contributed by atoms with van der Waals surface area (Å²) in [5.74, 6) is 0.410. The summed E-state index contributed by atoms with van der Waals surface area (Å²) in [7, 11) is 0. The highest BCUT2D eigenvalue weighted by atomic mass is 19.1. The largest absolute Gasteiger partial charge is 0.381 e. The maximum atomic E-state index is 14.3. The molecular weight excluding hydrogens is 481 g/mol. The number of rotatable bonds is 15. The van der Waals surface area contributed by atoms with Gasteiger partial charge in [0.15, 0.2) is 0 Å². The van der Waals surface area contributed by atoms with E-state index in [1.54, 1.807) is 19.2 Å². The second-order valence-electron chi connectivity index (χ2n) is 10.4. The minimum absolute atomic E-state index is 0.234. The predicted octanol–water partition coefficient (Wildman–Crippen LogP) is 9.27. The number of hydrogen-bond acceptors (Lipinski definition) is 3. The van der Waals surface area contributed by atoms with Gasteiger partial charge in [-0.1, -0.05) is 68.2 Å². The van der Waals surface area contributed by atoms with Crippen LogP contribution in [0.4, 0.5) is 10.1 Å². The van der Waals surface area contributed by atoms with Crippen LogP contribution in [-0.2, 0) is 0 Å². The lowest BCUT2D eigenvalue weighted by Crippen LogP contribution is -2.40. The van der Waals surface area contributed by atoms with Crippen LogP contribution in [0.3, 0.4) is 0 Å².